The van der Waals surface area contributed by atoms with Gasteiger partial charge in [0, 0.05) is 33.2 Å². The molecule has 0 N–H and O–H groups in total. The maximum atomic E-state index is 6.38. The van der Waals surface area contributed by atoms with Gasteiger partial charge in [0.05, 0.1) is 0 Å². The van der Waals surface area contributed by atoms with Crippen LogP contribution in [0.1, 0.15) is 113 Å². The van der Waals surface area contributed by atoms with E-state index < -0.39 is 0 Å². The van der Waals surface area contributed by atoms with E-state index in [1.165, 1.54) is 126 Å². The monoisotopic (exact) mass is 667 g/mol. The molecule has 51 heavy (non-hydrogen) atoms. The number of anilines is 3. The molecule has 256 valence electrons. The summed E-state index contributed by atoms with van der Waals surface area (Å²) in [5.74, 6) is 3.57. The fourth-order valence-electron chi connectivity index (χ4n) is 12.5. The van der Waals surface area contributed by atoms with Gasteiger partial charge in [-0.1, -0.05) is 87.7 Å². The highest BCUT2D eigenvalue weighted by molar-refractivity contribution is 6.11. The molecule has 4 bridgehead atoms. The zero-order chi connectivity index (χ0) is 33.9. The number of fused-ring (bicyclic) bond motifs is 7. The van der Waals surface area contributed by atoms with Gasteiger partial charge in [0.25, 0.3) is 0 Å². The molecular formula is C49H49NO. The molecule has 6 aliphatic rings. The molecule has 0 radical (unpaired) electrons. The van der Waals surface area contributed by atoms with Crippen LogP contribution in [0.4, 0.5) is 17.1 Å². The van der Waals surface area contributed by atoms with Gasteiger partial charge in [-0.3, -0.25) is 0 Å². The first-order valence-electron chi connectivity index (χ1n) is 20.0. The average Bonchev–Trinajstić information content (AvgIpc) is 3.64. The predicted octanol–water partition coefficient (Wildman–Crippen LogP) is 13.9. The Morgan fingerprint density at radius 2 is 1.24 bits per heavy atom. The van der Waals surface area contributed by atoms with E-state index in [9.17, 15) is 0 Å². The molecule has 1 heterocycles. The lowest BCUT2D eigenvalue weighted by Crippen LogP contribution is -2.48. The van der Waals surface area contributed by atoms with Gasteiger partial charge in [-0.25, -0.2) is 0 Å². The summed E-state index contributed by atoms with van der Waals surface area (Å²) >= 11 is 0. The van der Waals surface area contributed by atoms with Crippen LogP contribution in [0.25, 0.3) is 33.1 Å². The predicted molar refractivity (Wildman–Crippen MR) is 212 cm³/mol. The van der Waals surface area contributed by atoms with E-state index >= 15 is 0 Å². The molecule has 1 aromatic heterocycles. The third-order valence-corrected chi connectivity index (χ3v) is 14.4. The molecule has 0 atom stereocenters. The third kappa shape index (κ3) is 4.60. The maximum Gasteiger partial charge on any atom is 0.135 e. The Morgan fingerprint density at radius 1 is 0.608 bits per heavy atom. The van der Waals surface area contributed by atoms with Crippen molar-refractivity contribution >= 4 is 39.0 Å². The number of hydrogen-bond acceptors (Lipinski definition) is 2. The summed E-state index contributed by atoms with van der Waals surface area (Å²) in [6.45, 7) is 4.82. The van der Waals surface area contributed by atoms with E-state index in [0.717, 1.165) is 28.9 Å². The second-order valence-corrected chi connectivity index (χ2v) is 17.8. The summed E-state index contributed by atoms with van der Waals surface area (Å²) in [5, 5.41) is 2.48. The van der Waals surface area contributed by atoms with Crippen molar-refractivity contribution < 1.29 is 4.42 Å². The summed E-state index contributed by atoms with van der Waals surface area (Å²) in [5.41, 5.74) is 14.5. The Hall–Kier alpha value is -4.30. The Kier molecular flexibility index (Phi) is 6.60. The number of nitrogens with zero attached hydrogens (tertiary/aromatic N) is 1. The highest BCUT2D eigenvalue weighted by Gasteiger charge is 2.51. The van der Waals surface area contributed by atoms with Gasteiger partial charge in [0.15, 0.2) is 0 Å². The van der Waals surface area contributed by atoms with Crippen molar-refractivity contribution in [1.82, 2.24) is 0 Å². The van der Waals surface area contributed by atoms with Crippen LogP contribution in [0.5, 0.6) is 0 Å². The van der Waals surface area contributed by atoms with E-state index in [4.69, 9.17) is 4.42 Å². The molecule has 0 spiro atoms. The molecule has 12 rings (SSSR count). The highest BCUT2D eigenvalue weighted by Crippen LogP contribution is 2.61. The Morgan fingerprint density at radius 3 is 1.94 bits per heavy atom. The first-order chi connectivity index (χ1) is 24.9. The second kappa shape index (κ2) is 11.1. The number of para-hydroxylation sites is 1. The molecule has 2 heteroatoms. The Balaban J connectivity index is 1.02. The minimum atomic E-state index is -0.175. The normalized spacial score (nSPS) is 26.1. The average molecular weight is 668 g/mol. The van der Waals surface area contributed by atoms with E-state index in [-0.39, 0.29) is 5.41 Å². The molecule has 0 aliphatic heterocycles. The van der Waals surface area contributed by atoms with Gasteiger partial charge < -0.3 is 9.32 Å². The van der Waals surface area contributed by atoms with Crippen LogP contribution in [0.3, 0.4) is 0 Å². The summed E-state index contributed by atoms with van der Waals surface area (Å²) in [6.07, 6.45) is 15.5. The van der Waals surface area contributed by atoms with Gasteiger partial charge in [-0.15, -0.1) is 0 Å². The lowest BCUT2D eigenvalue weighted by molar-refractivity contribution is -0.00518. The molecule has 0 saturated heterocycles. The topological polar surface area (TPSA) is 16.4 Å². The van der Waals surface area contributed by atoms with Crippen molar-refractivity contribution in [3.05, 3.63) is 125 Å². The maximum absolute atomic E-state index is 6.38. The van der Waals surface area contributed by atoms with Gasteiger partial charge in [-0.05, 0) is 162 Å². The van der Waals surface area contributed by atoms with Crippen LogP contribution in [0, 0.1) is 17.8 Å². The summed E-state index contributed by atoms with van der Waals surface area (Å²) < 4.78 is 6.38. The smallest absolute Gasteiger partial charge is 0.135 e. The quantitative estimate of drug-likeness (QED) is 0.182. The summed E-state index contributed by atoms with van der Waals surface area (Å²) in [7, 11) is 0. The zero-order valence-electron chi connectivity index (χ0n) is 30.3. The van der Waals surface area contributed by atoms with Crippen molar-refractivity contribution in [2.24, 2.45) is 17.8 Å². The van der Waals surface area contributed by atoms with Crippen molar-refractivity contribution in [3.8, 4) is 11.1 Å². The number of rotatable bonds is 5. The zero-order valence-corrected chi connectivity index (χ0v) is 30.3. The van der Waals surface area contributed by atoms with Crippen LogP contribution in [0.15, 0.2) is 108 Å². The summed E-state index contributed by atoms with van der Waals surface area (Å²) in [4.78, 5) is 2.52. The summed E-state index contributed by atoms with van der Waals surface area (Å²) in [6, 6.07) is 39.8. The van der Waals surface area contributed by atoms with Crippen molar-refractivity contribution in [2.75, 3.05) is 4.90 Å². The molecule has 6 aromatic rings. The number of benzene rings is 5. The standard InChI is InChI=1S/C49H49NO/c1-48(2)43-27-39(20-21-40(43)41-22-23-45-46(47(41)48)42-10-6-7-11-44(42)51-45)50(37-16-12-35(13-17-37)34-8-4-3-5-9-34)38-18-14-36(15-19-38)49-28-31-24-32(29-49)26-33(25-31)30-49/h6-7,10-23,27,31-34H,3-5,8-9,24-26,28-30H2,1-2H3. The fourth-order valence-corrected chi connectivity index (χ4v) is 12.5. The van der Waals surface area contributed by atoms with E-state index in [0.29, 0.717) is 11.3 Å². The third-order valence-electron chi connectivity index (χ3n) is 14.4. The van der Waals surface area contributed by atoms with Crippen molar-refractivity contribution in [2.45, 2.75) is 101 Å². The lowest BCUT2D eigenvalue weighted by Gasteiger charge is -2.57. The molecule has 5 aromatic carbocycles. The number of hydrogen-bond donors (Lipinski definition) is 0. The largest absolute Gasteiger partial charge is 0.456 e. The van der Waals surface area contributed by atoms with Crippen LogP contribution in [0.2, 0.25) is 0 Å². The highest BCUT2D eigenvalue weighted by atomic mass is 16.3. The molecule has 5 fully saturated rings. The minimum absolute atomic E-state index is 0.175. The van der Waals surface area contributed by atoms with Crippen LogP contribution in [-0.4, -0.2) is 0 Å². The lowest BCUT2D eigenvalue weighted by atomic mass is 9.48. The fraction of sp³-hybridized carbons (Fsp3) is 0.388. The molecule has 0 unspecified atom stereocenters. The first-order valence-corrected chi connectivity index (χ1v) is 20.0. The van der Waals surface area contributed by atoms with E-state index in [1.54, 1.807) is 5.56 Å². The Labute approximate surface area is 302 Å². The van der Waals surface area contributed by atoms with Crippen LogP contribution in [-0.2, 0) is 10.8 Å². The van der Waals surface area contributed by atoms with Gasteiger partial charge in [-0.2, -0.15) is 0 Å². The van der Waals surface area contributed by atoms with Gasteiger partial charge in [0.1, 0.15) is 11.2 Å². The van der Waals surface area contributed by atoms with Crippen LogP contribution >= 0.6 is 0 Å². The second-order valence-electron chi connectivity index (χ2n) is 17.8. The SMILES string of the molecule is CC1(C)c2cc(N(c3ccc(C4CCCCC4)cc3)c3ccc(C45CC6CC(CC(C6)C4)C5)cc3)ccc2-c2ccc3oc4ccccc4c3c21. The van der Waals surface area contributed by atoms with Crippen LogP contribution < -0.4 is 4.90 Å². The molecular weight excluding hydrogens is 619 g/mol. The van der Waals surface area contributed by atoms with E-state index in [1.807, 2.05) is 0 Å². The van der Waals surface area contributed by atoms with Crippen molar-refractivity contribution in [1.29, 1.82) is 0 Å². The molecule has 5 saturated carbocycles. The minimum Gasteiger partial charge on any atom is -0.456 e. The number of furan rings is 1. The molecule has 2 nitrogen and oxygen atoms in total. The molecule has 6 aliphatic carbocycles. The Bertz CT molecular complexity index is 2260. The van der Waals surface area contributed by atoms with E-state index in [2.05, 4.69) is 122 Å². The van der Waals surface area contributed by atoms with Crippen molar-refractivity contribution in [3.63, 3.8) is 0 Å². The van der Waals surface area contributed by atoms with Gasteiger partial charge >= 0.3 is 0 Å². The van der Waals surface area contributed by atoms with Gasteiger partial charge in [0.2, 0.25) is 0 Å². The molecule has 0 amide bonds. The first kappa shape index (κ1) is 30.3.